The van der Waals surface area contributed by atoms with E-state index in [1.807, 2.05) is 13.1 Å². The molecule has 0 spiro atoms. The van der Waals surface area contributed by atoms with E-state index in [9.17, 15) is 0 Å². The Morgan fingerprint density at radius 3 is 2.45 bits per heavy atom. The largest absolute Gasteiger partial charge is 0.497 e. The fraction of sp³-hybridized carbons (Fsp3) is 0.333. The quantitative estimate of drug-likeness (QED) is 0.859. The number of benzene rings is 2. The number of rotatable bonds is 6. The van der Waals surface area contributed by atoms with Crippen LogP contribution in [0.5, 0.6) is 5.75 Å². The van der Waals surface area contributed by atoms with Crippen LogP contribution >= 0.6 is 0 Å². The summed E-state index contributed by atoms with van der Waals surface area (Å²) in [5, 5.41) is 3.41. The fourth-order valence-corrected chi connectivity index (χ4v) is 2.54. The van der Waals surface area contributed by atoms with Gasteiger partial charge in [0.05, 0.1) is 7.11 Å². The Kier molecular flexibility index (Phi) is 5.19. The molecule has 0 saturated carbocycles. The first kappa shape index (κ1) is 14.6. The van der Waals surface area contributed by atoms with Crippen molar-refractivity contribution in [2.24, 2.45) is 0 Å². The second kappa shape index (κ2) is 7.11. The molecule has 2 aromatic carbocycles. The van der Waals surface area contributed by atoms with E-state index in [2.05, 4.69) is 54.7 Å². The Morgan fingerprint density at radius 1 is 1.10 bits per heavy atom. The van der Waals surface area contributed by atoms with Gasteiger partial charge in [0.2, 0.25) is 0 Å². The summed E-state index contributed by atoms with van der Waals surface area (Å²) in [5.74, 6) is 0.930. The molecule has 20 heavy (non-hydrogen) atoms. The highest BCUT2D eigenvalue weighted by molar-refractivity contribution is 5.35. The molecule has 0 aliphatic rings. The van der Waals surface area contributed by atoms with E-state index in [0.29, 0.717) is 6.04 Å². The summed E-state index contributed by atoms with van der Waals surface area (Å²) in [5.41, 5.74) is 4.04. The molecule has 1 N–H and O–H groups in total. The van der Waals surface area contributed by atoms with Crippen molar-refractivity contribution in [2.45, 2.75) is 25.8 Å². The minimum Gasteiger partial charge on any atom is -0.497 e. The van der Waals surface area contributed by atoms with Gasteiger partial charge in [0.25, 0.3) is 0 Å². The van der Waals surface area contributed by atoms with Gasteiger partial charge in [0.15, 0.2) is 0 Å². The molecule has 0 amide bonds. The second-order valence-corrected chi connectivity index (χ2v) is 5.08. The number of ether oxygens (including phenoxy) is 1. The average molecular weight is 269 g/mol. The van der Waals surface area contributed by atoms with Crippen LogP contribution in [0.1, 0.15) is 29.2 Å². The van der Waals surface area contributed by atoms with E-state index < -0.39 is 0 Å². The Morgan fingerprint density at radius 2 is 1.85 bits per heavy atom. The molecule has 0 radical (unpaired) electrons. The van der Waals surface area contributed by atoms with Gasteiger partial charge in [-0.15, -0.1) is 0 Å². The molecule has 2 nitrogen and oxygen atoms in total. The van der Waals surface area contributed by atoms with Gasteiger partial charge >= 0.3 is 0 Å². The van der Waals surface area contributed by atoms with Gasteiger partial charge in [0.1, 0.15) is 5.75 Å². The van der Waals surface area contributed by atoms with Gasteiger partial charge < -0.3 is 10.1 Å². The van der Waals surface area contributed by atoms with Crippen molar-refractivity contribution >= 4 is 0 Å². The summed E-state index contributed by atoms with van der Waals surface area (Å²) in [4.78, 5) is 0. The molecule has 0 aromatic heterocycles. The zero-order valence-corrected chi connectivity index (χ0v) is 12.5. The predicted octanol–water partition coefficient (Wildman–Crippen LogP) is 3.90. The monoisotopic (exact) mass is 269 g/mol. The first-order chi connectivity index (χ1) is 9.74. The van der Waals surface area contributed by atoms with Gasteiger partial charge in [-0.25, -0.2) is 0 Å². The van der Waals surface area contributed by atoms with E-state index >= 15 is 0 Å². The zero-order valence-electron chi connectivity index (χ0n) is 12.5. The lowest BCUT2D eigenvalue weighted by Gasteiger charge is -2.17. The Balaban J connectivity index is 2.03. The van der Waals surface area contributed by atoms with Crippen LogP contribution < -0.4 is 10.1 Å². The summed E-state index contributed by atoms with van der Waals surface area (Å²) in [6.45, 7) is 2.15. The predicted molar refractivity (Wildman–Crippen MR) is 84.3 cm³/mol. The molecule has 0 aliphatic heterocycles. The number of hydrogen-bond acceptors (Lipinski definition) is 2. The van der Waals surface area contributed by atoms with Crippen LogP contribution in [-0.4, -0.2) is 14.2 Å². The molecule has 1 atom stereocenters. The van der Waals surface area contributed by atoms with Crippen LogP contribution in [0.4, 0.5) is 0 Å². The fourth-order valence-electron chi connectivity index (χ4n) is 2.54. The minimum atomic E-state index is 0.401. The molecule has 0 fully saturated rings. The zero-order chi connectivity index (χ0) is 14.4. The highest BCUT2D eigenvalue weighted by Crippen LogP contribution is 2.22. The number of methoxy groups -OCH3 is 1. The lowest BCUT2D eigenvalue weighted by atomic mass is 9.97. The van der Waals surface area contributed by atoms with E-state index in [4.69, 9.17) is 4.74 Å². The highest BCUT2D eigenvalue weighted by atomic mass is 16.5. The summed E-state index contributed by atoms with van der Waals surface area (Å²) in [6.07, 6.45) is 2.16. The maximum atomic E-state index is 5.25. The van der Waals surface area contributed by atoms with Crippen molar-refractivity contribution in [2.75, 3.05) is 14.2 Å². The average Bonchev–Trinajstić information content (AvgIpc) is 2.50. The Bertz CT molecular complexity index is 536. The van der Waals surface area contributed by atoms with Crippen molar-refractivity contribution in [3.63, 3.8) is 0 Å². The van der Waals surface area contributed by atoms with Crippen LogP contribution in [0.15, 0.2) is 48.5 Å². The van der Waals surface area contributed by atoms with E-state index in [1.54, 1.807) is 7.11 Å². The summed E-state index contributed by atoms with van der Waals surface area (Å²) in [7, 11) is 3.74. The molecule has 2 rings (SSSR count). The van der Waals surface area contributed by atoms with Crippen LogP contribution in [0, 0.1) is 6.92 Å². The first-order valence-electron chi connectivity index (χ1n) is 7.10. The molecular formula is C18H23NO. The third-order valence-electron chi connectivity index (χ3n) is 3.80. The third kappa shape index (κ3) is 3.61. The summed E-state index contributed by atoms with van der Waals surface area (Å²) in [6, 6.07) is 17.3. The molecular weight excluding hydrogens is 246 g/mol. The molecule has 106 valence electrons. The number of hydrogen-bond donors (Lipinski definition) is 1. The highest BCUT2D eigenvalue weighted by Gasteiger charge is 2.09. The molecule has 0 bridgehead atoms. The number of nitrogens with one attached hydrogen (secondary N) is 1. The first-order valence-corrected chi connectivity index (χ1v) is 7.10. The van der Waals surface area contributed by atoms with E-state index in [1.165, 1.54) is 16.7 Å². The summed E-state index contributed by atoms with van der Waals surface area (Å²) < 4.78 is 5.25. The maximum absolute atomic E-state index is 5.25. The summed E-state index contributed by atoms with van der Waals surface area (Å²) >= 11 is 0. The van der Waals surface area contributed by atoms with Gasteiger partial charge in [0, 0.05) is 6.04 Å². The molecule has 0 heterocycles. The topological polar surface area (TPSA) is 21.3 Å². The maximum Gasteiger partial charge on any atom is 0.119 e. The lowest BCUT2D eigenvalue weighted by Crippen LogP contribution is -2.17. The van der Waals surface area contributed by atoms with E-state index in [0.717, 1.165) is 18.6 Å². The van der Waals surface area contributed by atoms with Crippen molar-refractivity contribution in [1.82, 2.24) is 5.32 Å². The van der Waals surface area contributed by atoms with E-state index in [-0.39, 0.29) is 0 Å². The van der Waals surface area contributed by atoms with Crippen LogP contribution in [0.2, 0.25) is 0 Å². The van der Waals surface area contributed by atoms with Gasteiger partial charge in [-0.1, -0.05) is 36.4 Å². The molecule has 2 heteroatoms. The van der Waals surface area contributed by atoms with Gasteiger partial charge in [-0.3, -0.25) is 0 Å². The van der Waals surface area contributed by atoms with Gasteiger partial charge in [-0.05, 0) is 55.6 Å². The Hall–Kier alpha value is -1.80. The normalized spacial score (nSPS) is 12.2. The molecule has 1 unspecified atom stereocenters. The lowest BCUT2D eigenvalue weighted by molar-refractivity contribution is 0.414. The molecule has 0 aliphatic carbocycles. The second-order valence-electron chi connectivity index (χ2n) is 5.08. The molecule has 0 saturated heterocycles. The van der Waals surface area contributed by atoms with Crippen molar-refractivity contribution in [1.29, 1.82) is 0 Å². The van der Waals surface area contributed by atoms with Gasteiger partial charge in [-0.2, -0.15) is 0 Å². The minimum absolute atomic E-state index is 0.401. The van der Waals surface area contributed by atoms with Crippen LogP contribution in [0.3, 0.4) is 0 Å². The standard InChI is InChI=1S/C18H23NO/c1-14-13-17(20-3)11-9-15(14)10-12-18(19-2)16-7-5-4-6-8-16/h4-9,11,13,18-19H,10,12H2,1-3H3. The van der Waals surface area contributed by atoms with Crippen molar-refractivity contribution in [3.8, 4) is 5.75 Å². The van der Waals surface area contributed by atoms with Crippen molar-refractivity contribution < 1.29 is 4.74 Å². The number of aryl methyl sites for hydroxylation is 2. The third-order valence-corrected chi connectivity index (χ3v) is 3.80. The molecule has 2 aromatic rings. The van der Waals surface area contributed by atoms with Crippen molar-refractivity contribution in [3.05, 3.63) is 65.2 Å². The smallest absolute Gasteiger partial charge is 0.119 e. The van der Waals surface area contributed by atoms with Crippen LogP contribution in [0.25, 0.3) is 0 Å². The SMILES string of the molecule is CNC(CCc1ccc(OC)cc1C)c1ccccc1. The Labute approximate surface area is 121 Å². The van der Waals surface area contributed by atoms with Crippen LogP contribution in [-0.2, 0) is 6.42 Å².